The molecule has 9 heteroatoms. The molecule has 2 aliphatic heterocycles. The number of sulfonamides is 1. The lowest BCUT2D eigenvalue weighted by Gasteiger charge is -2.35. The number of hydrogen-bond donors (Lipinski definition) is 1. The van der Waals surface area contributed by atoms with Crippen LogP contribution in [0.4, 0.5) is 0 Å². The first kappa shape index (κ1) is 26.3. The lowest BCUT2D eigenvalue weighted by atomic mass is 10.0. The monoisotopic (exact) mass is 519 g/mol. The fraction of sp³-hybridized carbons (Fsp3) is 0.500. The highest BCUT2D eigenvalue weighted by molar-refractivity contribution is 7.89. The molecule has 2 fully saturated rings. The zero-order valence-corrected chi connectivity index (χ0v) is 21.7. The molecule has 2 saturated heterocycles. The first-order valence-corrected chi connectivity index (χ1v) is 14.1. The van der Waals surface area contributed by atoms with Gasteiger partial charge in [-0.2, -0.15) is 4.31 Å². The molecule has 7 nitrogen and oxygen atoms in total. The summed E-state index contributed by atoms with van der Waals surface area (Å²) < 4.78 is 33.3. The van der Waals surface area contributed by atoms with Crippen LogP contribution in [0.2, 0.25) is 5.02 Å². The molecular weight excluding hydrogens is 486 g/mol. The second-order valence-electron chi connectivity index (χ2n) is 9.38. The Hall–Kier alpha value is -1.81. The van der Waals surface area contributed by atoms with Crippen molar-refractivity contribution in [1.82, 2.24) is 14.5 Å². The summed E-state index contributed by atoms with van der Waals surface area (Å²) in [7, 11) is -3.61. The maximum Gasteiger partial charge on any atom is 0.243 e. The topological polar surface area (TPSA) is 79.0 Å². The number of nitrogens with zero attached hydrogens (tertiary/aromatic N) is 2. The van der Waals surface area contributed by atoms with Crippen LogP contribution in [0.1, 0.15) is 41.7 Å². The summed E-state index contributed by atoms with van der Waals surface area (Å²) >= 11 is 6.50. The van der Waals surface area contributed by atoms with E-state index >= 15 is 0 Å². The van der Waals surface area contributed by atoms with Crippen molar-refractivity contribution < 1.29 is 17.9 Å². The molecule has 0 aliphatic carbocycles. The van der Waals surface area contributed by atoms with Gasteiger partial charge in [0.25, 0.3) is 0 Å². The number of halogens is 1. The minimum Gasteiger partial charge on any atom is -0.379 e. The van der Waals surface area contributed by atoms with Gasteiger partial charge in [-0.1, -0.05) is 48.9 Å². The number of Topliss-reactive ketones (excluding diaryl/α,β-unsaturated/α-hetero) is 1. The van der Waals surface area contributed by atoms with Crippen LogP contribution >= 0.6 is 11.6 Å². The standard InChI is InChI=1S/C26H34ClN3O4S/c1-20-6-5-11-30(19-20)35(32,33)22-8-4-7-21(16-22)26(31)18-28-17-25(29-12-14-34-15-13-29)23-9-2-3-10-24(23)27/h2-4,7-10,16,20,25,28H,5-6,11-15,17-19H2,1H3. The molecule has 0 bridgehead atoms. The summed E-state index contributed by atoms with van der Waals surface area (Å²) in [6, 6.07) is 14.2. The summed E-state index contributed by atoms with van der Waals surface area (Å²) in [5.41, 5.74) is 1.41. The highest BCUT2D eigenvalue weighted by Crippen LogP contribution is 2.28. The smallest absolute Gasteiger partial charge is 0.243 e. The van der Waals surface area contributed by atoms with E-state index in [1.54, 1.807) is 22.5 Å². The van der Waals surface area contributed by atoms with Crippen molar-refractivity contribution >= 4 is 27.4 Å². The largest absolute Gasteiger partial charge is 0.379 e. The van der Waals surface area contributed by atoms with Crippen LogP contribution in [0.25, 0.3) is 0 Å². The molecule has 2 aliphatic rings. The summed E-state index contributed by atoms with van der Waals surface area (Å²) in [6.45, 7) is 6.67. The normalized spacial score (nSPS) is 21.0. The highest BCUT2D eigenvalue weighted by atomic mass is 35.5. The third kappa shape index (κ3) is 6.50. The molecule has 0 radical (unpaired) electrons. The molecule has 190 valence electrons. The molecule has 2 heterocycles. The predicted octanol–water partition coefficient (Wildman–Crippen LogP) is 3.61. The Kier molecular flexibility index (Phi) is 8.97. The number of carbonyl (C=O) groups excluding carboxylic acids is 1. The third-order valence-electron chi connectivity index (χ3n) is 6.79. The van der Waals surface area contributed by atoms with E-state index in [4.69, 9.17) is 16.3 Å². The molecule has 2 aromatic rings. The molecule has 2 aromatic carbocycles. The van der Waals surface area contributed by atoms with Crippen LogP contribution in [-0.2, 0) is 14.8 Å². The van der Waals surface area contributed by atoms with Gasteiger partial charge < -0.3 is 10.1 Å². The van der Waals surface area contributed by atoms with E-state index in [1.807, 2.05) is 24.3 Å². The number of rotatable bonds is 9. The molecule has 0 saturated carbocycles. The summed E-state index contributed by atoms with van der Waals surface area (Å²) in [5.74, 6) is 0.194. The Morgan fingerprint density at radius 3 is 2.66 bits per heavy atom. The second-order valence-corrected chi connectivity index (χ2v) is 11.7. The van der Waals surface area contributed by atoms with Gasteiger partial charge in [0.2, 0.25) is 10.0 Å². The summed E-state index contributed by atoms with van der Waals surface area (Å²) in [4.78, 5) is 15.5. The number of ketones is 1. The van der Waals surface area contributed by atoms with Gasteiger partial charge in [-0.3, -0.25) is 9.69 Å². The van der Waals surface area contributed by atoms with Gasteiger partial charge in [0.1, 0.15) is 0 Å². The van der Waals surface area contributed by atoms with Crippen molar-refractivity contribution in [2.75, 3.05) is 52.5 Å². The van der Waals surface area contributed by atoms with E-state index < -0.39 is 10.0 Å². The minimum atomic E-state index is -3.61. The number of hydrogen-bond acceptors (Lipinski definition) is 6. The van der Waals surface area contributed by atoms with Crippen molar-refractivity contribution in [3.05, 3.63) is 64.7 Å². The lowest BCUT2D eigenvalue weighted by Crippen LogP contribution is -2.43. The second kappa shape index (κ2) is 12.0. The van der Waals surface area contributed by atoms with Crippen LogP contribution < -0.4 is 5.32 Å². The molecule has 0 aromatic heterocycles. The van der Waals surface area contributed by atoms with E-state index in [2.05, 4.69) is 17.1 Å². The molecule has 2 unspecified atom stereocenters. The zero-order valence-electron chi connectivity index (χ0n) is 20.2. The number of morpholine rings is 1. The van der Waals surface area contributed by atoms with Crippen LogP contribution in [0, 0.1) is 5.92 Å². The number of nitrogens with one attached hydrogen (secondary N) is 1. The van der Waals surface area contributed by atoms with Crippen LogP contribution in [0.3, 0.4) is 0 Å². The van der Waals surface area contributed by atoms with Crippen molar-refractivity contribution in [2.24, 2.45) is 5.92 Å². The third-order valence-corrected chi connectivity index (χ3v) is 8.99. The predicted molar refractivity (Wildman–Crippen MR) is 137 cm³/mol. The molecule has 1 N–H and O–H groups in total. The number of carbonyl (C=O) groups is 1. The van der Waals surface area contributed by atoms with Crippen LogP contribution in [0.15, 0.2) is 53.4 Å². The molecule has 35 heavy (non-hydrogen) atoms. The van der Waals surface area contributed by atoms with E-state index in [0.29, 0.717) is 49.4 Å². The van der Waals surface area contributed by atoms with Crippen molar-refractivity contribution in [2.45, 2.75) is 30.7 Å². The van der Waals surface area contributed by atoms with Gasteiger partial charge in [0.05, 0.1) is 24.7 Å². The molecule has 2 atom stereocenters. The Balaban J connectivity index is 1.42. The summed E-state index contributed by atoms with van der Waals surface area (Å²) in [5, 5.41) is 3.98. The maximum absolute atomic E-state index is 13.1. The SMILES string of the molecule is CC1CCCN(S(=O)(=O)c2cccc(C(=O)CNCC(c3ccccc3Cl)N3CCOCC3)c2)C1. The first-order chi connectivity index (χ1) is 16.9. The number of ether oxygens (including phenoxy) is 1. The van der Waals surface area contributed by atoms with Crippen molar-refractivity contribution in [3.8, 4) is 0 Å². The quantitative estimate of drug-likeness (QED) is 0.510. The molecule has 0 spiro atoms. The average Bonchev–Trinajstić information content (AvgIpc) is 2.88. The van der Waals surface area contributed by atoms with Gasteiger partial charge in [0, 0.05) is 49.4 Å². The number of benzene rings is 2. The summed E-state index contributed by atoms with van der Waals surface area (Å²) in [6.07, 6.45) is 1.90. The van der Waals surface area contributed by atoms with Crippen LogP contribution in [0.5, 0.6) is 0 Å². The van der Waals surface area contributed by atoms with E-state index in [-0.39, 0.29) is 23.3 Å². The Labute approximate surface area is 213 Å². The van der Waals surface area contributed by atoms with E-state index in [1.165, 1.54) is 6.07 Å². The van der Waals surface area contributed by atoms with E-state index in [9.17, 15) is 13.2 Å². The van der Waals surface area contributed by atoms with Crippen molar-refractivity contribution in [1.29, 1.82) is 0 Å². The van der Waals surface area contributed by atoms with Gasteiger partial charge >= 0.3 is 0 Å². The fourth-order valence-corrected chi connectivity index (χ4v) is 6.74. The Bertz CT molecular complexity index is 1120. The molecular formula is C26H34ClN3O4S. The maximum atomic E-state index is 13.1. The zero-order chi connectivity index (χ0) is 24.8. The van der Waals surface area contributed by atoms with Gasteiger partial charge in [-0.05, 0) is 42.5 Å². The van der Waals surface area contributed by atoms with Crippen LogP contribution in [-0.4, -0.2) is 75.9 Å². The Morgan fingerprint density at radius 2 is 1.91 bits per heavy atom. The van der Waals surface area contributed by atoms with Gasteiger partial charge in [-0.15, -0.1) is 0 Å². The van der Waals surface area contributed by atoms with Gasteiger partial charge in [-0.25, -0.2) is 8.42 Å². The Morgan fingerprint density at radius 1 is 1.14 bits per heavy atom. The van der Waals surface area contributed by atoms with E-state index in [0.717, 1.165) is 31.5 Å². The molecule has 4 rings (SSSR count). The first-order valence-electron chi connectivity index (χ1n) is 12.3. The number of piperidine rings is 1. The minimum absolute atomic E-state index is 0.00760. The lowest BCUT2D eigenvalue weighted by molar-refractivity contribution is 0.0162. The molecule has 0 amide bonds. The average molecular weight is 520 g/mol. The highest BCUT2D eigenvalue weighted by Gasteiger charge is 2.29. The van der Waals surface area contributed by atoms with Gasteiger partial charge in [0.15, 0.2) is 5.78 Å². The van der Waals surface area contributed by atoms with Crippen molar-refractivity contribution in [3.63, 3.8) is 0 Å². The fourth-order valence-electron chi connectivity index (χ4n) is 4.84.